The second kappa shape index (κ2) is 5.04. The van der Waals surface area contributed by atoms with Crippen molar-refractivity contribution in [1.82, 2.24) is 0 Å². The van der Waals surface area contributed by atoms with Crippen molar-refractivity contribution in [3.63, 3.8) is 0 Å². The molecule has 0 radical (unpaired) electrons. The van der Waals surface area contributed by atoms with Crippen LogP contribution < -0.4 is 0 Å². The Balaban J connectivity index is 2.72. The topological polar surface area (TPSA) is 20.2 Å². The Morgan fingerprint density at radius 3 is 2.50 bits per heavy atom. The van der Waals surface area contributed by atoms with E-state index in [9.17, 15) is 4.39 Å². The van der Waals surface area contributed by atoms with Gasteiger partial charge in [0, 0.05) is 0 Å². The molecule has 0 aliphatic carbocycles. The van der Waals surface area contributed by atoms with Crippen molar-refractivity contribution in [2.24, 2.45) is 0 Å². The molecule has 0 spiro atoms. The first-order valence-corrected chi connectivity index (χ1v) is 3.01. The SMILES string of the molecule is CC(O)CCCCF. The van der Waals surface area contributed by atoms with E-state index in [0.29, 0.717) is 6.42 Å². The zero-order chi connectivity index (χ0) is 6.41. The molecule has 0 aliphatic rings. The minimum absolute atomic E-state index is 0.257. The smallest absolute Gasteiger partial charge is 0.0894 e. The van der Waals surface area contributed by atoms with Crippen LogP contribution in [0.5, 0.6) is 0 Å². The fraction of sp³-hybridized carbons (Fsp3) is 1.00. The molecule has 0 aromatic carbocycles. The number of rotatable bonds is 4. The lowest BCUT2D eigenvalue weighted by Gasteiger charge is -1.99. The standard InChI is InChI=1S/C6H13FO/c1-6(8)4-2-3-5-7/h6,8H,2-5H2,1H3. The van der Waals surface area contributed by atoms with Crippen LogP contribution in [0.25, 0.3) is 0 Å². The molecule has 50 valence electrons. The van der Waals surface area contributed by atoms with Crippen molar-refractivity contribution < 1.29 is 9.50 Å². The first-order valence-electron chi connectivity index (χ1n) is 3.01. The number of unbranched alkanes of at least 4 members (excludes halogenated alkanes) is 1. The first-order chi connectivity index (χ1) is 3.77. The van der Waals surface area contributed by atoms with Crippen LogP contribution in [-0.4, -0.2) is 17.9 Å². The highest BCUT2D eigenvalue weighted by Crippen LogP contribution is 1.98. The minimum atomic E-state index is -0.262. The van der Waals surface area contributed by atoms with Gasteiger partial charge in [0.2, 0.25) is 0 Å². The molecule has 0 amide bonds. The summed E-state index contributed by atoms with van der Waals surface area (Å²) in [5.41, 5.74) is 0. The molecule has 0 fully saturated rings. The lowest BCUT2D eigenvalue weighted by molar-refractivity contribution is 0.179. The fourth-order valence-electron chi connectivity index (χ4n) is 0.534. The number of alkyl halides is 1. The van der Waals surface area contributed by atoms with E-state index in [1.807, 2.05) is 0 Å². The molecular formula is C6H13FO. The van der Waals surface area contributed by atoms with Crippen molar-refractivity contribution >= 4 is 0 Å². The van der Waals surface area contributed by atoms with Crippen molar-refractivity contribution in [2.45, 2.75) is 32.3 Å². The van der Waals surface area contributed by atoms with E-state index >= 15 is 0 Å². The molecule has 1 unspecified atom stereocenters. The number of aliphatic hydroxyl groups is 1. The second-order valence-electron chi connectivity index (χ2n) is 2.03. The van der Waals surface area contributed by atoms with Crippen LogP contribution in [-0.2, 0) is 0 Å². The third-order valence-corrected chi connectivity index (χ3v) is 1.01. The van der Waals surface area contributed by atoms with Crippen LogP contribution in [0.1, 0.15) is 26.2 Å². The normalized spacial score (nSPS) is 13.9. The average molecular weight is 120 g/mol. The summed E-state index contributed by atoms with van der Waals surface area (Å²) in [6.45, 7) is 1.46. The second-order valence-corrected chi connectivity index (χ2v) is 2.03. The Morgan fingerprint density at radius 2 is 2.12 bits per heavy atom. The monoisotopic (exact) mass is 120 g/mol. The molecule has 0 bridgehead atoms. The molecule has 1 atom stereocenters. The predicted octanol–water partition coefficient (Wildman–Crippen LogP) is 1.51. The molecular weight excluding hydrogens is 107 g/mol. The quantitative estimate of drug-likeness (QED) is 0.557. The van der Waals surface area contributed by atoms with E-state index in [1.54, 1.807) is 6.92 Å². The van der Waals surface area contributed by atoms with E-state index in [0.717, 1.165) is 12.8 Å². The van der Waals surface area contributed by atoms with Gasteiger partial charge in [-0.3, -0.25) is 4.39 Å². The molecule has 8 heavy (non-hydrogen) atoms. The molecule has 0 rings (SSSR count). The fourth-order valence-corrected chi connectivity index (χ4v) is 0.534. The van der Waals surface area contributed by atoms with Crippen molar-refractivity contribution in [3.8, 4) is 0 Å². The zero-order valence-corrected chi connectivity index (χ0v) is 5.23. The summed E-state index contributed by atoms with van der Waals surface area (Å²) in [6.07, 6.45) is 1.85. The first kappa shape index (κ1) is 7.89. The van der Waals surface area contributed by atoms with Crippen LogP contribution >= 0.6 is 0 Å². The molecule has 2 heteroatoms. The van der Waals surface area contributed by atoms with Gasteiger partial charge in [-0.1, -0.05) is 0 Å². The zero-order valence-electron chi connectivity index (χ0n) is 5.23. The highest BCUT2D eigenvalue weighted by molar-refractivity contribution is 4.46. The Kier molecular flexibility index (Phi) is 4.97. The van der Waals surface area contributed by atoms with Gasteiger partial charge < -0.3 is 5.11 Å². The highest BCUT2D eigenvalue weighted by Gasteiger charge is 1.93. The van der Waals surface area contributed by atoms with Gasteiger partial charge in [-0.25, -0.2) is 0 Å². The summed E-state index contributed by atoms with van der Waals surface area (Å²) in [6, 6.07) is 0. The van der Waals surface area contributed by atoms with Crippen LogP contribution in [0.15, 0.2) is 0 Å². The van der Waals surface area contributed by atoms with Gasteiger partial charge in [0.1, 0.15) is 0 Å². The van der Waals surface area contributed by atoms with E-state index in [1.165, 1.54) is 0 Å². The van der Waals surface area contributed by atoms with Crippen LogP contribution in [0.3, 0.4) is 0 Å². The van der Waals surface area contributed by atoms with E-state index < -0.39 is 0 Å². The highest BCUT2D eigenvalue weighted by atomic mass is 19.1. The lowest BCUT2D eigenvalue weighted by Crippen LogP contribution is -1.98. The lowest BCUT2D eigenvalue weighted by atomic mass is 10.2. The summed E-state index contributed by atoms with van der Waals surface area (Å²) < 4.78 is 11.4. The maximum absolute atomic E-state index is 11.4. The molecule has 0 aliphatic heterocycles. The molecule has 0 saturated carbocycles. The maximum Gasteiger partial charge on any atom is 0.0894 e. The van der Waals surface area contributed by atoms with E-state index in [2.05, 4.69) is 0 Å². The van der Waals surface area contributed by atoms with Gasteiger partial charge in [0.25, 0.3) is 0 Å². The molecule has 0 saturated heterocycles. The summed E-state index contributed by atoms with van der Waals surface area (Å²) >= 11 is 0. The van der Waals surface area contributed by atoms with Crippen LogP contribution in [0.2, 0.25) is 0 Å². The molecule has 0 aromatic rings. The Labute approximate surface area is 49.5 Å². The Bertz CT molecular complexity index is 45.8. The summed E-state index contributed by atoms with van der Waals surface area (Å²) in [4.78, 5) is 0. The van der Waals surface area contributed by atoms with Gasteiger partial charge in [0.15, 0.2) is 0 Å². The molecule has 0 aromatic heterocycles. The number of hydrogen-bond donors (Lipinski definition) is 1. The van der Waals surface area contributed by atoms with Gasteiger partial charge in [-0.15, -0.1) is 0 Å². The summed E-state index contributed by atoms with van der Waals surface area (Å²) in [5, 5.41) is 8.66. The molecule has 1 N–H and O–H groups in total. The molecule has 0 heterocycles. The van der Waals surface area contributed by atoms with Crippen molar-refractivity contribution in [1.29, 1.82) is 0 Å². The van der Waals surface area contributed by atoms with E-state index in [-0.39, 0.29) is 12.8 Å². The third kappa shape index (κ3) is 5.89. The third-order valence-electron chi connectivity index (χ3n) is 1.01. The number of hydrogen-bond acceptors (Lipinski definition) is 1. The van der Waals surface area contributed by atoms with Gasteiger partial charge in [-0.05, 0) is 26.2 Å². The minimum Gasteiger partial charge on any atom is -0.393 e. The Morgan fingerprint density at radius 1 is 1.50 bits per heavy atom. The van der Waals surface area contributed by atoms with Crippen LogP contribution in [0.4, 0.5) is 4.39 Å². The van der Waals surface area contributed by atoms with Crippen LogP contribution in [0, 0.1) is 0 Å². The molecule has 1 nitrogen and oxygen atoms in total. The largest absolute Gasteiger partial charge is 0.393 e. The van der Waals surface area contributed by atoms with Gasteiger partial charge >= 0.3 is 0 Å². The number of halogens is 1. The predicted molar refractivity (Wildman–Crippen MR) is 31.5 cm³/mol. The van der Waals surface area contributed by atoms with Gasteiger partial charge in [-0.2, -0.15) is 0 Å². The maximum atomic E-state index is 11.4. The van der Waals surface area contributed by atoms with Crippen molar-refractivity contribution in [3.05, 3.63) is 0 Å². The average Bonchev–Trinajstić information content (AvgIpc) is 1.66. The summed E-state index contributed by atoms with van der Waals surface area (Å²) in [7, 11) is 0. The summed E-state index contributed by atoms with van der Waals surface area (Å²) in [5.74, 6) is 0. The van der Waals surface area contributed by atoms with Crippen molar-refractivity contribution in [2.75, 3.05) is 6.67 Å². The van der Waals surface area contributed by atoms with Gasteiger partial charge in [0.05, 0.1) is 12.8 Å². The van der Waals surface area contributed by atoms with E-state index in [4.69, 9.17) is 5.11 Å². The Hall–Kier alpha value is -0.110. The number of aliphatic hydroxyl groups excluding tert-OH is 1.